The number of nitrogens with two attached hydrogens (primary N) is 2. The summed E-state index contributed by atoms with van der Waals surface area (Å²) in [6.07, 6.45) is 0.416. The van der Waals surface area contributed by atoms with E-state index in [0.717, 1.165) is 0 Å². The molecule has 5 N–H and O–H groups in total. The van der Waals surface area contributed by atoms with Crippen LogP contribution in [0, 0.1) is 0 Å². The van der Waals surface area contributed by atoms with E-state index in [1.807, 2.05) is 0 Å². The molecule has 0 spiro atoms. The van der Waals surface area contributed by atoms with Crippen molar-refractivity contribution in [2.45, 2.75) is 6.42 Å². The number of carbonyl (C=O) groups is 1. The van der Waals surface area contributed by atoms with Gasteiger partial charge in [-0.25, -0.2) is 4.98 Å². The third-order valence-corrected chi connectivity index (χ3v) is 2.10. The van der Waals surface area contributed by atoms with E-state index in [1.165, 1.54) is 0 Å². The number of hydrogen-bond acceptors (Lipinski definition) is 5. The summed E-state index contributed by atoms with van der Waals surface area (Å²) in [4.78, 5) is 16.9. The van der Waals surface area contributed by atoms with Crippen molar-refractivity contribution in [1.29, 1.82) is 0 Å². The number of aromatic nitrogens is 1. The van der Waals surface area contributed by atoms with E-state index in [0.29, 0.717) is 30.3 Å². The van der Waals surface area contributed by atoms with Crippen LogP contribution < -0.4 is 16.8 Å². The number of anilines is 3. The molecule has 1 aromatic rings. The average Bonchev–Trinajstić information content (AvgIpc) is 2.23. The Hall–Kier alpha value is -1.98. The molecule has 0 atom stereocenters. The van der Waals surface area contributed by atoms with Crippen LogP contribution in [0.25, 0.3) is 0 Å². The van der Waals surface area contributed by atoms with Gasteiger partial charge in [0.05, 0.1) is 5.69 Å². The fraction of sp³-hybridized carbons (Fsp3) is 0.400. The lowest BCUT2D eigenvalue weighted by Gasteiger charge is -2.11. The maximum atomic E-state index is 11.3. The largest absolute Gasteiger partial charge is 0.396 e. The van der Waals surface area contributed by atoms with E-state index >= 15 is 0 Å². The zero-order valence-electron chi connectivity index (χ0n) is 9.53. The number of nitrogens with zero attached hydrogens (tertiary/aromatic N) is 2. The molecule has 0 unspecified atom stereocenters. The van der Waals surface area contributed by atoms with E-state index in [1.54, 1.807) is 31.1 Å². The van der Waals surface area contributed by atoms with E-state index in [9.17, 15) is 4.79 Å². The van der Waals surface area contributed by atoms with Gasteiger partial charge < -0.3 is 21.7 Å². The van der Waals surface area contributed by atoms with Crippen molar-refractivity contribution in [2.75, 3.05) is 37.4 Å². The minimum atomic E-state index is 0.0657. The Kier molecular flexibility index (Phi) is 3.93. The standard InChI is InChI=1S/C10H17N5O/c1-15(2)9(16)5-6-13-8-4-3-7(11)10(12)14-8/h3-4H,5-6,11H2,1-2H3,(H3,12,13,14). The van der Waals surface area contributed by atoms with Crippen LogP contribution in [-0.2, 0) is 4.79 Å². The quantitative estimate of drug-likeness (QED) is 0.674. The summed E-state index contributed by atoms with van der Waals surface area (Å²) in [6, 6.07) is 3.41. The van der Waals surface area contributed by atoms with Crippen LogP contribution in [0.3, 0.4) is 0 Å². The highest BCUT2D eigenvalue weighted by molar-refractivity contribution is 5.76. The summed E-state index contributed by atoms with van der Waals surface area (Å²) < 4.78 is 0. The van der Waals surface area contributed by atoms with Crippen LogP contribution >= 0.6 is 0 Å². The highest BCUT2D eigenvalue weighted by atomic mass is 16.2. The number of carbonyl (C=O) groups excluding carboxylic acids is 1. The lowest BCUT2D eigenvalue weighted by Crippen LogP contribution is -2.24. The van der Waals surface area contributed by atoms with Gasteiger partial charge >= 0.3 is 0 Å². The lowest BCUT2D eigenvalue weighted by molar-refractivity contribution is -0.128. The molecule has 0 saturated heterocycles. The van der Waals surface area contributed by atoms with Gasteiger partial charge in [-0.15, -0.1) is 0 Å². The van der Waals surface area contributed by atoms with Crippen molar-refractivity contribution < 1.29 is 4.79 Å². The summed E-state index contributed by atoms with van der Waals surface area (Å²) in [5.74, 6) is 0.984. The number of pyridine rings is 1. The Labute approximate surface area is 94.6 Å². The van der Waals surface area contributed by atoms with Crippen molar-refractivity contribution in [1.82, 2.24) is 9.88 Å². The zero-order chi connectivity index (χ0) is 12.1. The van der Waals surface area contributed by atoms with Gasteiger partial charge in [0.15, 0.2) is 0 Å². The molecule has 1 rings (SSSR count). The lowest BCUT2D eigenvalue weighted by atomic mass is 10.3. The molecule has 0 aromatic carbocycles. The molecule has 6 heteroatoms. The second-order valence-electron chi connectivity index (χ2n) is 3.64. The van der Waals surface area contributed by atoms with Gasteiger partial charge in [-0.05, 0) is 12.1 Å². The smallest absolute Gasteiger partial charge is 0.223 e. The van der Waals surface area contributed by atoms with Gasteiger partial charge in [0.25, 0.3) is 0 Å². The number of nitrogen functional groups attached to an aromatic ring is 2. The van der Waals surface area contributed by atoms with Crippen LogP contribution in [0.4, 0.5) is 17.3 Å². The van der Waals surface area contributed by atoms with E-state index < -0.39 is 0 Å². The minimum Gasteiger partial charge on any atom is -0.396 e. The van der Waals surface area contributed by atoms with Crippen LogP contribution in [0.15, 0.2) is 12.1 Å². The molecule has 88 valence electrons. The van der Waals surface area contributed by atoms with E-state index in [2.05, 4.69) is 10.3 Å². The van der Waals surface area contributed by atoms with E-state index in [4.69, 9.17) is 11.5 Å². The van der Waals surface area contributed by atoms with Gasteiger partial charge in [-0.2, -0.15) is 0 Å². The summed E-state index contributed by atoms with van der Waals surface area (Å²) >= 11 is 0. The highest BCUT2D eigenvalue weighted by Crippen LogP contribution is 2.14. The molecule has 1 heterocycles. The third kappa shape index (κ3) is 3.30. The Bertz CT molecular complexity index is 377. The van der Waals surface area contributed by atoms with Crippen molar-refractivity contribution in [2.24, 2.45) is 0 Å². The SMILES string of the molecule is CN(C)C(=O)CCNc1ccc(N)c(N)n1. The van der Waals surface area contributed by atoms with Crippen molar-refractivity contribution >= 4 is 23.2 Å². The Morgan fingerprint density at radius 2 is 2.12 bits per heavy atom. The zero-order valence-corrected chi connectivity index (χ0v) is 9.53. The van der Waals surface area contributed by atoms with Gasteiger partial charge in [0.2, 0.25) is 5.91 Å². The molecule has 0 bridgehead atoms. The van der Waals surface area contributed by atoms with Crippen LogP contribution in [0.2, 0.25) is 0 Å². The molecule has 1 amide bonds. The van der Waals surface area contributed by atoms with Crippen LogP contribution in [0.1, 0.15) is 6.42 Å². The first-order valence-corrected chi connectivity index (χ1v) is 4.96. The molecule has 16 heavy (non-hydrogen) atoms. The second kappa shape index (κ2) is 5.20. The maximum Gasteiger partial charge on any atom is 0.223 e. The molecular weight excluding hydrogens is 206 g/mol. The maximum absolute atomic E-state index is 11.3. The fourth-order valence-electron chi connectivity index (χ4n) is 1.11. The molecule has 0 aliphatic heterocycles. The molecule has 1 aromatic heterocycles. The van der Waals surface area contributed by atoms with E-state index in [-0.39, 0.29) is 5.91 Å². The summed E-state index contributed by atoms with van der Waals surface area (Å²) in [5.41, 5.74) is 11.5. The third-order valence-electron chi connectivity index (χ3n) is 2.10. The van der Waals surface area contributed by atoms with Gasteiger partial charge in [0.1, 0.15) is 11.6 Å². The molecule has 0 radical (unpaired) electrons. The summed E-state index contributed by atoms with van der Waals surface area (Å²) in [6.45, 7) is 0.521. The fourth-order valence-corrected chi connectivity index (χ4v) is 1.11. The highest BCUT2D eigenvalue weighted by Gasteiger charge is 2.03. The van der Waals surface area contributed by atoms with Crippen LogP contribution in [-0.4, -0.2) is 36.4 Å². The first-order valence-electron chi connectivity index (χ1n) is 4.96. The number of hydrogen-bond donors (Lipinski definition) is 3. The molecule has 0 fully saturated rings. The summed E-state index contributed by atoms with van der Waals surface area (Å²) in [5, 5.41) is 3.00. The van der Waals surface area contributed by atoms with Crippen LogP contribution in [0.5, 0.6) is 0 Å². The monoisotopic (exact) mass is 223 g/mol. The van der Waals surface area contributed by atoms with Gasteiger partial charge in [-0.3, -0.25) is 4.79 Å². The number of nitrogens with one attached hydrogen (secondary N) is 1. The molecule has 0 saturated carbocycles. The average molecular weight is 223 g/mol. The summed E-state index contributed by atoms with van der Waals surface area (Å²) in [7, 11) is 3.45. The molecule has 6 nitrogen and oxygen atoms in total. The van der Waals surface area contributed by atoms with Gasteiger partial charge in [0, 0.05) is 27.1 Å². The first-order chi connectivity index (χ1) is 7.50. The Morgan fingerprint density at radius 3 is 2.69 bits per heavy atom. The predicted octanol–water partition coefficient (Wildman–Crippen LogP) is 0.136. The van der Waals surface area contributed by atoms with Crippen molar-refractivity contribution in [3.63, 3.8) is 0 Å². The normalized spacial score (nSPS) is 9.88. The van der Waals surface area contributed by atoms with Gasteiger partial charge in [-0.1, -0.05) is 0 Å². The van der Waals surface area contributed by atoms with Crippen molar-refractivity contribution in [3.8, 4) is 0 Å². The Morgan fingerprint density at radius 1 is 1.44 bits per heavy atom. The van der Waals surface area contributed by atoms with Crippen molar-refractivity contribution in [3.05, 3.63) is 12.1 Å². The first kappa shape index (κ1) is 12.1. The predicted molar refractivity (Wildman–Crippen MR) is 64.9 cm³/mol. The minimum absolute atomic E-state index is 0.0657. The Balaban J connectivity index is 2.43. The second-order valence-corrected chi connectivity index (χ2v) is 3.64. The topological polar surface area (TPSA) is 97.3 Å². The molecule has 0 aliphatic carbocycles. The molecule has 0 aliphatic rings. The number of rotatable bonds is 4. The molecular formula is C10H17N5O. The number of amides is 1.